The molecule has 0 amide bonds. The summed E-state index contributed by atoms with van der Waals surface area (Å²) in [6.45, 7) is 0. The summed E-state index contributed by atoms with van der Waals surface area (Å²) in [5.41, 5.74) is 2.14. The van der Waals surface area contributed by atoms with Crippen LogP contribution in [-0.4, -0.2) is 22.0 Å². The van der Waals surface area contributed by atoms with Crippen LogP contribution < -0.4 is 5.32 Å². The largest absolute Gasteiger partial charge is 0.311 e. The zero-order chi connectivity index (χ0) is 11.2. The molecule has 0 saturated carbocycles. The van der Waals surface area contributed by atoms with Crippen LogP contribution in [0.15, 0.2) is 43.1 Å². The number of rotatable bonds is 4. The Bertz CT molecular complexity index is 416. The molecule has 0 spiro atoms. The van der Waals surface area contributed by atoms with Crippen molar-refractivity contribution in [3.8, 4) is 0 Å². The first-order chi connectivity index (χ1) is 7.90. The minimum Gasteiger partial charge on any atom is -0.311 e. The summed E-state index contributed by atoms with van der Waals surface area (Å²) < 4.78 is 0. The predicted octanol–water partition coefficient (Wildman–Crippen LogP) is 1.37. The number of aromatic nitrogens is 3. The molecule has 2 aromatic heterocycles. The van der Waals surface area contributed by atoms with Gasteiger partial charge in [-0.05, 0) is 25.1 Å². The van der Waals surface area contributed by atoms with E-state index in [0.29, 0.717) is 0 Å². The van der Waals surface area contributed by atoms with E-state index in [1.807, 2.05) is 19.3 Å². The molecule has 1 N–H and O–H groups in total. The molecular formula is C12H14N4. The number of nitrogens with zero attached hydrogens (tertiary/aromatic N) is 3. The van der Waals surface area contributed by atoms with Crippen molar-refractivity contribution in [2.45, 2.75) is 12.5 Å². The van der Waals surface area contributed by atoms with Crippen molar-refractivity contribution in [1.29, 1.82) is 0 Å². The third-order valence-corrected chi connectivity index (χ3v) is 2.45. The molecule has 0 aliphatic heterocycles. The van der Waals surface area contributed by atoms with E-state index in [2.05, 4.69) is 26.3 Å². The number of likely N-dealkylation sites (N-methyl/N-ethyl adjacent to an activating group) is 1. The van der Waals surface area contributed by atoms with Crippen molar-refractivity contribution in [2.24, 2.45) is 0 Å². The van der Waals surface area contributed by atoms with Gasteiger partial charge in [0.15, 0.2) is 0 Å². The maximum Gasteiger partial charge on any atom is 0.0759 e. The monoisotopic (exact) mass is 214 g/mol. The van der Waals surface area contributed by atoms with E-state index in [1.54, 1.807) is 24.8 Å². The zero-order valence-corrected chi connectivity index (χ0v) is 9.17. The molecule has 0 fully saturated rings. The molecule has 0 aromatic carbocycles. The number of pyridine rings is 1. The number of hydrogen-bond acceptors (Lipinski definition) is 4. The Labute approximate surface area is 94.8 Å². The fourth-order valence-corrected chi connectivity index (χ4v) is 1.60. The van der Waals surface area contributed by atoms with Gasteiger partial charge in [-0.2, -0.15) is 0 Å². The minimum atomic E-state index is 0.179. The molecule has 0 aliphatic rings. The van der Waals surface area contributed by atoms with Gasteiger partial charge in [0, 0.05) is 31.0 Å². The van der Waals surface area contributed by atoms with Crippen molar-refractivity contribution in [3.63, 3.8) is 0 Å². The standard InChI is InChI=1S/C12H14N4/c1-13-11(12-9-15-5-6-16-12)7-10-3-2-4-14-8-10/h2-6,8-9,11,13H,7H2,1H3. The SMILES string of the molecule is CNC(Cc1cccnc1)c1cnccn1. The highest BCUT2D eigenvalue weighted by Crippen LogP contribution is 2.14. The van der Waals surface area contributed by atoms with Crippen LogP contribution in [-0.2, 0) is 6.42 Å². The summed E-state index contributed by atoms with van der Waals surface area (Å²) in [5.74, 6) is 0. The molecule has 2 rings (SSSR count). The molecule has 0 radical (unpaired) electrons. The zero-order valence-electron chi connectivity index (χ0n) is 9.17. The van der Waals surface area contributed by atoms with E-state index in [4.69, 9.17) is 0 Å². The van der Waals surface area contributed by atoms with Crippen LogP contribution in [0.5, 0.6) is 0 Å². The van der Waals surface area contributed by atoms with Gasteiger partial charge in [0.05, 0.1) is 11.7 Å². The van der Waals surface area contributed by atoms with Gasteiger partial charge in [-0.25, -0.2) is 0 Å². The molecule has 1 unspecified atom stereocenters. The summed E-state index contributed by atoms with van der Waals surface area (Å²) in [6.07, 6.45) is 9.70. The summed E-state index contributed by atoms with van der Waals surface area (Å²) in [6, 6.07) is 4.18. The van der Waals surface area contributed by atoms with Gasteiger partial charge in [0.1, 0.15) is 0 Å². The molecule has 82 valence electrons. The minimum absolute atomic E-state index is 0.179. The molecule has 0 bridgehead atoms. The fraction of sp³-hybridized carbons (Fsp3) is 0.250. The molecule has 0 saturated heterocycles. The second-order valence-electron chi connectivity index (χ2n) is 3.54. The Morgan fingerprint density at radius 1 is 1.19 bits per heavy atom. The van der Waals surface area contributed by atoms with Crippen molar-refractivity contribution in [1.82, 2.24) is 20.3 Å². The second kappa shape index (κ2) is 5.32. The summed E-state index contributed by atoms with van der Waals surface area (Å²) in [7, 11) is 1.93. The molecular weight excluding hydrogens is 200 g/mol. The summed E-state index contributed by atoms with van der Waals surface area (Å²) >= 11 is 0. The van der Waals surface area contributed by atoms with Crippen molar-refractivity contribution in [3.05, 3.63) is 54.4 Å². The lowest BCUT2D eigenvalue weighted by atomic mass is 10.1. The van der Waals surface area contributed by atoms with Crippen LogP contribution >= 0.6 is 0 Å². The van der Waals surface area contributed by atoms with E-state index < -0.39 is 0 Å². The third kappa shape index (κ3) is 2.61. The normalized spacial score (nSPS) is 12.3. The topological polar surface area (TPSA) is 50.7 Å². The number of hydrogen-bond donors (Lipinski definition) is 1. The average molecular weight is 214 g/mol. The van der Waals surface area contributed by atoms with Gasteiger partial charge < -0.3 is 5.32 Å². The molecule has 4 nitrogen and oxygen atoms in total. The molecule has 1 atom stereocenters. The Morgan fingerprint density at radius 3 is 2.69 bits per heavy atom. The number of nitrogens with one attached hydrogen (secondary N) is 1. The maximum atomic E-state index is 4.30. The molecule has 2 aromatic rings. The fourth-order valence-electron chi connectivity index (χ4n) is 1.60. The summed E-state index contributed by atoms with van der Waals surface area (Å²) in [5, 5.41) is 3.24. The average Bonchev–Trinajstić information content (AvgIpc) is 2.38. The molecule has 0 aliphatic carbocycles. The molecule has 4 heteroatoms. The van der Waals surface area contributed by atoms with E-state index in [1.165, 1.54) is 5.56 Å². The summed E-state index contributed by atoms with van der Waals surface area (Å²) in [4.78, 5) is 12.5. The Hall–Kier alpha value is -1.81. The van der Waals surface area contributed by atoms with Crippen LogP contribution in [0.3, 0.4) is 0 Å². The van der Waals surface area contributed by atoms with Gasteiger partial charge in [-0.15, -0.1) is 0 Å². The lowest BCUT2D eigenvalue weighted by Gasteiger charge is -2.14. The lowest BCUT2D eigenvalue weighted by molar-refractivity contribution is 0.572. The predicted molar refractivity (Wildman–Crippen MR) is 61.8 cm³/mol. The van der Waals surface area contributed by atoms with Crippen LogP contribution in [0, 0.1) is 0 Å². The van der Waals surface area contributed by atoms with Gasteiger partial charge >= 0.3 is 0 Å². The third-order valence-electron chi connectivity index (χ3n) is 2.45. The van der Waals surface area contributed by atoms with Gasteiger partial charge in [0.25, 0.3) is 0 Å². The first kappa shape index (κ1) is 10.7. The first-order valence-corrected chi connectivity index (χ1v) is 5.22. The quantitative estimate of drug-likeness (QED) is 0.835. The first-order valence-electron chi connectivity index (χ1n) is 5.22. The smallest absolute Gasteiger partial charge is 0.0759 e. The van der Waals surface area contributed by atoms with E-state index in [0.717, 1.165) is 12.1 Å². The van der Waals surface area contributed by atoms with Crippen LogP contribution in [0.4, 0.5) is 0 Å². The highest BCUT2D eigenvalue weighted by molar-refractivity contribution is 5.14. The Balaban J connectivity index is 2.13. The van der Waals surface area contributed by atoms with Gasteiger partial charge in [-0.1, -0.05) is 6.07 Å². The maximum absolute atomic E-state index is 4.30. The van der Waals surface area contributed by atoms with E-state index in [-0.39, 0.29) is 6.04 Å². The Kier molecular flexibility index (Phi) is 3.56. The second-order valence-corrected chi connectivity index (χ2v) is 3.54. The highest BCUT2D eigenvalue weighted by Gasteiger charge is 2.11. The van der Waals surface area contributed by atoms with Crippen LogP contribution in [0.1, 0.15) is 17.3 Å². The van der Waals surface area contributed by atoms with Crippen LogP contribution in [0.2, 0.25) is 0 Å². The van der Waals surface area contributed by atoms with Crippen LogP contribution in [0.25, 0.3) is 0 Å². The lowest BCUT2D eigenvalue weighted by Crippen LogP contribution is -2.20. The highest BCUT2D eigenvalue weighted by atomic mass is 14.9. The van der Waals surface area contributed by atoms with Gasteiger partial charge in [0.2, 0.25) is 0 Å². The van der Waals surface area contributed by atoms with E-state index in [9.17, 15) is 0 Å². The van der Waals surface area contributed by atoms with E-state index >= 15 is 0 Å². The van der Waals surface area contributed by atoms with Gasteiger partial charge in [-0.3, -0.25) is 15.0 Å². The molecule has 2 heterocycles. The van der Waals surface area contributed by atoms with Crippen molar-refractivity contribution < 1.29 is 0 Å². The van der Waals surface area contributed by atoms with Crippen molar-refractivity contribution in [2.75, 3.05) is 7.05 Å². The Morgan fingerprint density at radius 2 is 2.06 bits per heavy atom. The molecule has 16 heavy (non-hydrogen) atoms. The van der Waals surface area contributed by atoms with Crippen molar-refractivity contribution >= 4 is 0 Å².